The summed E-state index contributed by atoms with van der Waals surface area (Å²) in [6.07, 6.45) is -12.1. The van der Waals surface area contributed by atoms with Crippen LogP contribution >= 0.6 is 23.8 Å². The Balaban J connectivity index is 0. The summed E-state index contributed by atoms with van der Waals surface area (Å²) in [5.74, 6) is 0.692. The molecule has 6 radical (unpaired) electrons. The van der Waals surface area contributed by atoms with Gasteiger partial charge in [0.25, 0.3) is 0 Å². The van der Waals surface area contributed by atoms with Crippen LogP contribution in [-0.4, -0.2) is 128 Å². The number of hydrogen-bond acceptors (Lipinski definition) is 13. The first-order chi connectivity index (χ1) is 17.7. The average Bonchev–Trinajstić information content (AvgIpc) is 2.90. The van der Waals surface area contributed by atoms with Gasteiger partial charge in [0.15, 0.2) is 18.5 Å². The Morgan fingerprint density at radius 3 is 2.10 bits per heavy atom. The molecule has 20 heteroatoms. The zero-order valence-corrected chi connectivity index (χ0v) is 42.5. The van der Waals surface area contributed by atoms with Crippen molar-refractivity contribution >= 4 is 41.8 Å². The van der Waals surface area contributed by atoms with Crippen LogP contribution in [0, 0.1) is 176 Å². The number of ether oxygens (including phenoxy) is 4. The van der Waals surface area contributed by atoms with E-state index in [2.05, 4.69) is 10.6 Å². The minimum atomic E-state index is -1.71. The van der Waals surface area contributed by atoms with Crippen molar-refractivity contribution in [2.75, 3.05) is 31.0 Å². The predicted octanol–water partition coefficient (Wildman–Crippen LogP) is -2.86. The van der Waals surface area contributed by atoms with Gasteiger partial charge in [-0.15, -0.1) is 0 Å². The molecule has 218 valence electrons. The number of aliphatic hydroxyl groups is 7. The van der Waals surface area contributed by atoms with Crippen molar-refractivity contribution < 1.29 is 231 Å². The fraction of sp³-hybridized carbons (Fsp3) is 0.667. The Bertz CT molecular complexity index is 886. The van der Waals surface area contributed by atoms with Crippen molar-refractivity contribution in [2.24, 2.45) is 0 Å². The molecule has 41 heavy (non-hydrogen) atoms. The maximum Gasteiger partial charge on any atom is 0.229 e. The summed E-state index contributed by atoms with van der Waals surface area (Å²) in [7, 11) is 5.35. The number of nitrogens with one attached hydrogen (secondary N) is 2. The van der Waals surface area contributed by atoms with Crippen LogP contribution in [-0.2, 0) is 14.2 Å². The molecule has 0 aliphatic carbocycles. The van der Waals surface area contributed by atoms with Gasteiger partial charge in [-0.1, -0.05) is 0 Å². The molecule has 9 N–H and O–H groups in total. The van der Waals surface area contributed by atoms with E-state index in [1.165, 1.54) is 0 Å². The quantitative estimate of drug-likeness (QED) is 0.0658. The summed E-state index contributed by atoms with van der Waals surface area (Å²) in [5.41, 5.74) is -0.941. The fourth-order valence-electron chi connectivity index (χ4n) is 3.89. The summed E-state index contributed by atoms with van der Waals surface area (Å²) in [4.78, 5) is 0. The fourth-order valence-corrected chi connectivity index (χ4v) is 4.40. The average molecular weight is 1470 g/mol. The van der Waals surface area contributed by atoms with E-state index in [9.17, 15) is 35.7 Å². The smallest absolute Gasteiger partial charge is 0.229 e. The standard InChI is InChI=1S/C21H31BN2O11S2.4Ac/c22-37-9-23-20(36)24-10-1-3-11(4-2-10)32-19-15(29)12(5-21(7-26,8-27)35-19)33-18-17(31)16(30)14(28)13(6-25)34-18;;;;/h1-4,12-19,25-31H,5-9H2,(H2,23,24,36);;;;. The maximum atomic E-state index is 10.9. The first kappa shape index (κ1) is 47.6. The molecule has 0 amide bonds. The Kier molecular flexibility index (Phi) is 27.6. The second-order valence-electron chi connectivity index (χ2n) is 8.64. The molecular formula is C21H31Ac4BN2O11S2. The third kappa shape index (κ3) is 13.7. The number of hydrogen-bond donors (Lipinski definition) is 9. The Hall–Kier alpha value is 4.49. The minimum absolute atomic E-state index is 0. The molecule has 2 heterocycles. The Morgan fingerprint density at radius 1 is 0.951 bits per heavy atom. The summed E-state index contributed by atoms with van der Waals surface area (Å²) < 4.78 is 22.5. The minimum Gasteiger partial charge on any atom is -0.462 e. The molecule has 2 aliphatic heterocycles. The number of anilines is 1. The van der Waals surface area contributed by atoms with Crippen molar-refractivity contribution in [3.8, 4) is 5.75 Å². The third-order valence-corrected chi connectivity index (χ3v) is 6.57. The second-order valence-corrected chi connectivity index (χ2v) is 9.67. The van der Waals surface area contributed by atoms with E-state index in [0.717, 1.165) is 11.6 Å². The van der Waals surface area contributed by atoms with E-state index in [1.54, 1.807) is 24.3 Å². The molecule has 0 bridgehead atoms. The van der Waals surface area contributed by atoms with Gasteiger partial charge >= 0.3 is 0 Å². The number of rotatable bonds is 10. The van der Waals surface area contributed by atoms with Crippen molar-refractivity contribution in [3.63, 3.8) is 0 Å². The van der Waals surface area contributed by atoms with Gasteiger partial charge in [-0.05, 0) is 36.5 Å². The van der Waals surface area contributed by atoms with Gasteiger partial charge in [-0.3, -0.25) is 0 Å². The molecule has 0 aromatic heterocycles. The van der Waals surface area contributed by atoms with Crippen molar-refractivity contribution in [3.05, 3.63) is 24.3 Å². The summed E-state index contributed by atoms with van der Waals surface area (Å²) in [5, 5.41) is 76.7. The molecule has 2 saturated heterocycles. The van der Waals surface area contributed by atoms with Crippen LogP contribution in [0.1, 0.15) is 6.42 Å². The molecule has 8 unspecified atom stereocenters. The maximum absolute atomic E-state index is 10.9. The van der Waals surface area contributed by atoms with E-state index in [1.807, 2.05) is 0 Å². The number of aliphatic hydroxyl groups excluding tert-OH is 7. The predicted molar refractivity (Wildman–Crippen MR) is 136 cm³/mol. The van der Waals surface area contributed by atoms with Crippen LogP contribution < -0.4 is 15.4 Å². The van der Waals surface area contributed by atoms with E-state index < -0.39 is 74.6 Å². The molecule has 13 nitrogen and oxygen atoms in total. The Morgan fingerprint density at radius 2 is 1.56 bits per heavy atom. The molecule has 1 aromatic carbocycles. The van der Waals surface area contributed by atoms with Gasteiger partial charge in [0.2, 0.25) is 6.29 Å². The van der Waals surface area contributed by atoms with Gasteiger partial charge in [0.05, 0.1) is 31.8 Å². The topological polar surface area (TPSA) is 203 Å². The monoisotopic (exact) mass is 1470 g/mol. The summed E-state index contributed by atoms with van der Waals surface area (Å²) in [6, 6.07) is 6.45. The van der Waals surface area contributed by atoms with Crippen LogP contribution in [0.15, 0.2) is 24.3 Å². The molecule has 0 spiro atoms. The molecule has 3 rings (SSSR count). The first-order valence-electron chi connectivity index (χ1n) is 11.3. The van der Waals surface area contributed by atoms with Crippen LogP contribution in [0.25, 0.3) is 0 Å². The Labute approximate surface area is 392 Å². The van der Waals surface area contributed by atoms with E-state index in [4.69, 9.17) is 38.3 Å². The van der Waals surface area contributed by atoms with Gasteiger partial charge < -0.3 is 65.3 Å². The summed E-state index contributed by atoms with van der Waals surface area (Å²) in [6.45, 7) is -1.97. The normalized spacial score (nSPS) is 30.2. The SMILES string of the molecule is [Ac].[Ac].[Ac].[Ac].[B]SCNC(=S)Nc1ccc(OC2OC(CO)(CO)CC(OC3OC(CO)C(O)C(O)C3O)C2O)cc1. The molecular weight excluding hydrogens is 1440 g/mol. The van der Waals surface area contributed by atoms with E-state index >= 15 is 0 Å². The largest absolute Gasteiger partial charge is 0.462 e. The number of thiocarbonyl (C=S) groups is 1. The van der Waals surface area contributed by atoms with Gasteiger partial charge in [0, 0.05) is 188 Å². The van der Waals surface area contributed by atoms with Crippen molar-refractivity contribution in [2.45, 2.75) is 61.2 Å². The van der Waals surface area contributed by atoms with Crippen LogP contribution in [0.3, 0.4) is 0 Å². The van der Waals surface area contributed by atoms with E-state index in [0.29, 0.717) is 16.7 Å². The first-order valence-corrected chi connectivity index (χ1v) is 12.8. The van der Waals surface area contributed by atoms with Gasteiger partial charge in [-0.25, -0.2) is 11.6 Å². The molecule has 8 atom stereocenters. The molecule has 2 aliphatic rings. The zero-order chi connectivity index (χ0) is 27.2. The number of benzene rings is 1. The van der Waals surface area contributed by atoms with Crippen molar-refractivity contribution in [1.29, 1.82) is 0 Å². The zero-order valence-electron chi connectivity index (χ0n) is 21.9. The van der Waals surface area contributed by atoms with Crippen LogP contribution in [0.4, 0.5) is 5.69 Å². The molecule has 1 aromatic rings. The van der Waals surface area contributed by atoms with Crippen molar-refractivity contribution in [1.82, 2.24) is 5.32 Å². The molecule has 2 fully saturated rings. The van der Waals surface area contributed by atoms with E-state index in [-0.39, 0.29) is 188 Å². The second kappa shape index (κ2) is 23.8. The van der Waals surface area contributed by atoms with Crippen LogP contribution in [0.2, 0.25) is 0 Å². The third-order valence-electron chi connectivity index (χ3n) is 6.01. The molecule has 0 saturated carbocycles. The van der Waals surface area contributed by atoms with Crippen LogP contribution in [0.5, 0.6) is 5.75 Å². The van der Waals surface area contributed by atoms with Gasteiger partial charge in [0.1, 0.15) is 41.9 Å². The summed E-state index contributed by atoms with van der Waals surface area (Å²) >= 11 is 6.22. The van der Waals surface area contributed by atoms with Gasteiger partial charge in [-0.2, -0.15) is 0 Å².